The van der Waals surface area contributed by atoms with Crippen molar-refractivity contribution >= 4 is 10.0 Å². The highest BCUT2D eigenvalue weighted by Crippen LogP contribution is 2.32. The minimum atomic E-state index is -3.91. The number of rotatable bonds is 8. The molecular weight excluding hydrogens is 299 g/mol. The van der Waals surface area contributed by atoms with Gasteiger partial charge in [-0.05, 0) is 20.0 Å². The van der Waals surface area contributed by atoms with E-state index < -0.39 is 20.7 Å². The van der Waals surface area contributed by atoms with E-state index in [0.29, 0.717) is 13.0 Å². The SMILES string of the molecule is CNCCCN(C)S(=O)(=O)c1cc(OC)c(OC)cc1F. The van der Waals surface area contributed by atoms with E-state index in [9.17, 15) is 12.8 Å². The summed E-state index contributed by atoms with van der Waals surface area (Å²) in [5, 5.41) is 2.93. The third kappa shape index (κ3) is 4.05. The lowest BCUT2D eigenvalue weighted by molar-refractivity contribution is 0.349. The molecule has 0 aliphatic carbocycles. The van der Waals surface area contributed by atoms with Crippen LogP contribution in [0.15, 0.2) is 17.0 Å². The van der Waals surface area contributed by atoms with Gasteiger partial charge in [0.05, 0.1) is 14.2 Å². The number of sulfonamides is 1. The Hall–Kier alpha value is -1.38. The van der Waals surface area contributed by atoms with E-state index in [2.05, 4.69) is 5.32 Å². The van der Waals surface area contributed by atoms with E-state index in [4.69, 9.17) is 9.47 Å². The molecule has 1 aromatic rings. The number of benzene rings is 1. The molecule has 0 bridgehead atoms. The molecule has 0 aliphatic heterocycles. The maximum atomic E-state index is 14.0. The van der Waals surface area contributed by atoms with Gasteiger partial charge in [-0.15, -0.1) is 0 Å². The second-order valence-corrected chi connectivity index (χ2v) is 6.43. The van der Waals surface area contributed by atoms with Crippen LogP contribution in [0.25, 0.3) is 0 Å². The molecule has 21 heavy (non-hydrogen) atoms. The Morgan fingerprint density at radius 1 is 1.24 bits per heavy atom. The van der Waals surface area contributed by atoms with E-state index in [-0.39, 0.29) is 18.0 Å². The first-order valence-corrected chi connectivity index (χ1v) is 7.85. The zero-order valence-electron chi connectivity index (χ0n) is 12.6. The summed E-state index contributed by atoms with van der Waals surface area (Å²) in [6, 6.07) is 2.14. The van der Waals surface area contributed by atoms with E-state index >= 15 is 0 Å². The Labute approximate surface area is 124 Å². The lowest BCUT2D eigenvalue weighted by Crippen LogP contribution is -2.30. The normalized spacial score (nSPS) is 11.7. The second kappa shape index (κ2) is 7.58. The Morgan fingerprint density at radius 2 is 1.81 bits per heavy atom. The third-order valence-corrected chi connectivity index (χ3v) is 4.90. The minimum absolute atomic E-state index is 0.145. The molecule has 0 unspecified atom stereocenters. The summed E-state index contributed by atoms with van der Waals surface area (Å²) in [7, 11) is 2.01. The van der Waals surface area contributed by atoms with Crippen LogP contribution < -0.4 is 14.8 Å². The first kappa shape index (κ1) is 17.7. The van der Waals surface area contributed by atoms with Crippen LogP contribution in [0.2, 0.25) is 0 Å². The zero-order valence-corrected chi connectivity index (χ0v) is 13.5. The van der Waals surface area contributed by atoms with Gasteiger partial charge in [0.15, 0.2) is 11.5 Å². The number of hydrogen-bond donors (Lipinski definition) is 1. The highest BCUT2D eigenvalue weighted by atomic mass is 32.2. The van der Waals surface area contributed by atoms with Crippen LogP contribution in [0.5, 0.6) is 11.5 Å². The highest BCUT2D eigenvalue weighted by molar-refractivity contribution is 7.89. The third-order valence-electron chi connectivity index (χ3n) is 3.03. The molecular formula is C13H21FN2O4S. The number of ether oxygens (including phenoxy) is 2. The summed E-state index contributed by atoms with van der Waals surface area (Å²) in [6.07, 6.45) is 0.626. The zero-order chi connectivity index (χ0) is 16.0. The van der Waals surface area contributed by atoms with Gasteiger partial charge in [0.1, 0.15) is 10.7 Å². The van der Waals surface area contributed by atoms with Crippen molar-refractivity contribution in [1.29, 1.82) is 0 Å². The largest absolute Gasteiger partial charge is 0.493 e. The van der Waals surface area contributed by atoms with Crippen molar-refractivity contribution in [2.24, 2.45) is 0 Å². The van der Waals surface area contributed by atoms with Crippen molar-refractivity contribution in [2.75, 3.05) is 41.4 Å². The van der Waals surface area contributed by atoms with Crippen molar-refractivity contribution in [1.82, 2.24) is 9.62 Å². The summed E-state index contributed by atoms with van der Waals surface area (Å²) >= 11 is 0. The monoisotopic (exact) mass is 320 g/mol. The molecule has 0 atom stereocenters. The van der Waals surface area contributed by atoms with Crippen LogP contribution in [0.3, 0.4) is 0 Å². The van der Waals surface area contributed by atoms with E-state index in [1.165, 1.54) is 21.3 Å². The van der Waals surface area contributed by atoms with Crippen LogP contribution in [-0.4, -0.2) is 54.1 Å². The summed E-state index contributed by atoms with van der Waals surface area (Å²) in [4.78, 5) is -0.424. The maximum Gasteiger partial charge on any atom is 0.245 e. The molecule has 1 aromatic carbocycles. The van der Waals surface area contributed by atoms with Crippen molar-refractivity contribution in [3.63, 3.8) is 0 Å². The van der Waals surface area contributed by atoms with Crippen LogP contribution in [0.4, 0.5) is 4.39 Å². The highest BCUT2D eigenvalue weighted by Gasteiger charge is 2.26. The number of nitrogens with zero attached hydrogens (tertiary/aromatic N) is 1. The fraction of sp³-hybridized carbons (Fsp3) is 0.538. The van der Waals surface area contributed by atoms with Gasteiger partial charge >= 0.3 is 0 Å². The molecule has 0 spiro atoms. The van der Waals surface area contributed by atoms with Crippen molar-refractivity contribution in [3.05, 3.63) is 17.9 Å². The van der Waals surface area contributed by atoms with Crippen LogP contribution in [0, 0.1) is 5.82 Å². The molecule has 0 saturated heterocycles. The van der Waals surface area contributed by atoms with Gasteiger partial charge in [0, 0.05) is 25.7 Å². The average molecular weight is 320 g/mol. The summed E-state index contributed by atoms with van der Waals surface area (Å²) in [5.74, 6) is -0.555. The predicted octanol–water partition coefficient (Wildman–Crippen LogP) is 1.07. The molecule has 0 aliphatic rings. The lowest BCUT2D eigenvalue weighted by Gasteiger charge is -2.18. The van der Waals surface area contributed by atoms with E-state index in [0.717, 1.165) is 16.4 Å². The molecule has 0 amide bonds. The number of hydrogen-bond acceptors (Lipinski definition) is 5. The number of methoxy groups -OCH3 is 2. The smallest absolute Gasteiger partial charge is 0.245 e. The summed E-state index contributed by atoms with van der Waals surface area (Å²) in [6.45, 7) is 0.964. The van der Waals surface area contributed by atoms with Gasteiger partial charge in [0.2, 0.25) is 10.0 Å². The molecule has 8 heteroatoms. The van der Waals surface area contributed by atoms with Crippen LogP contribution in [-0.2, 0) is 10.0 Å². The maximum absolute atomic E-state index is 14.0. The van der Waals surface area contributed by atoms with Gasteiger partial charge in [-0.25, -0.2) is 17.1 Å². The van der Waals surface area contributed by atoms with Gasteiger partial charge in [-0.3, -0.25) is 0 Å². The second-order valence-electron chi connectivity index (χ2n) is 4.42. The van der Waals surface area contributed by atoms with Crippen molar-refractivity contribution in [3.8, 4) is 11.5 Å². The molecule has 0 radical (unpaired) electrons. The standard InChI is InChI=1S/C13H21FN2O4S/c1-15-6-5-7-16(2)21(17,18)13-9-12(20-4)11(19-3)8-10(13)14/h8-9,15H,5-7H2,1-4H3. The van der Waals surface area contributed by atoms with Gasteiger partial charge in [-0.1, -0.05) is 0 Å². The molecule has 1 N–H and O–H groups in total. The molecule has 6 nitrogen and oxygen atoms in total. The topological polar surface area (TPSA) is 67.9 Å². The Morgan fingerprint density at radius 3 is 2.33 bits per heavy atom. The summed E-state index contributed by atoms with van der Waals surface area (Å²) < 4.78 is 49.9. The van der Waals surface area contributed by atoms with E-state index in [1.807, 2.05) is 0 Å². The first-order valence-electron chi connectivity index (χ1n) is 6.41. The minimum Gasteiger partial charge on any atom is -0.493 e. The Balaban J connectivity index is 3.13. The fourth-order valence-electron chi connectivity index (χ4n) is 1.80. The molecule has 0 heterocycles. The number of nitrogens with one attached hydrogen (secondary N) is 1. The molecule has 1 rings (SSSR count). The first-order chi connectivity index (χ1) is 9.88. The van der Waals surface area contributed by atoms with Crippen molar-refractivity contribution in [2.45, 2.75) is 11.3 Å². The Kier molecular flexibility index (Phi) is 6.38. The molecule has 0 aromatic heterocycles. The molecule has 120 valence electrons. The van der Waals surface area contributed by atoms with Gasteiger partial charge < -0.3 is 14.8 Å². The quantitative estimate of drug-likeness (QED) is 0.726. The predicted molar refractivity (Wildman–Crippen MR) is 77.9 cm³/mol. The lowest BCUT2D eigenvalue weighted by atomic mass is 10.3. The number of halogens is 1. The van der Waals surface area contributed by atoms with E-state index in [1.54, 1.807) is 7.05 Å². The van der Waals surface area contributed by atoms with Crippen LogP contribution in [0.1, 0.15) is 6.42 Å². The average Bonchev–Trinajstić information content (AvgIpc) is 2.46. The van der Waals surface area contributed by atoms with Crippen molar-refractivity contribution < 1.29 is 22.3 Å². The van der Waals surface area contributed by atoms with Gasteiger partial charge in [0.25, 0.3) is 0 Å². The fourth-order valence-corrected chi connectivity index (χ4v) is 3.07. The molecule has 0 fully saturated rings. The Bertz CT molecular complexity index is 578. The van der Waals surface area contributed by atoms with Crippen LogP contribution >= 0.6 is 0 Å². The molecule has 0 saturated carbocycles. The van der Waals surface area contributed by atoms with Gasteiger partial charge in [-0.2, -0.15) is 0 Å². The summed E-state index contributed by atoms with van der Waals surface area (Å²) in [5.41, 5.74) is 0.